The summed E-state index contributed by atoms with van der Waals surface area (Å²) in [7, 11) is 1.53. The van der Waals surface area contributed by atoms with Gasteiger partial charge in [0.15, 0.2) is 0 Å². The first-order chi connectivity index (χ1) is 28.5. The Balaban J connectivity index is 1.21. The maximum atomic E-state index is 15.6. The molecule has 1 saturated carbocycles. The summed E-state index contributed by atoms with van der Waals surface area (Å²) in [6.07, 6.45) is 2.19. The van der Waals surface area contributed by atoms with Crippen molar-refractivity contribution in [1.82, 2.24) is 5.01 Å². The molecule has 10 nitrogen and oxygen atoms in total. The summed E-state index contributed by atoms with van der Waals surface area (Å²) in [6.45, 7) is 0.248. The summed E-state index contributed by atoms with van der Waals surface area (Å²) in [6, 6.07) is 32.7. The number of benzene rings is 5. The smallest absolute Gasteiger partial charge is 0.260 e. The van der Waals surface area contributed by atoms with Gasteiger partial charge in [-0.1, -0.05) is 95.0 Å². The van der Waals surface area contributed by atoms with Gasteiger partial charge in [0.05, 0.1) is 46.7 Å². The predicted molar refractivity (Wildman–Crippen MR) is 223 cm³/mol. The van der Waals surface area contributed by atoms with Crippen LogP contribution in [0, 0.1) is 23.7 Å². The van der Waals surface area contributed by atoms with Crippen LogP contribution in [-0.4, -0.2) is 40.9 Å². The van der Waals surface area contributed by atoms with Crippen LogP contribution in [-0.2, 0) is 31.2 Å². The summed E-state index contributed by atoms with van der Waals surface area (Å²) in [5.41, 5.74) is 4.46. The van der Waals surface area contributed by atoms with Crippen LogP contribution in [0.2, 0.25) is 15.1 Å². The Morgan fingerprint density at radius 3 is 2.19 bits per heavy atom. The van der Waals surface area contributed by atoms with Gasteiger partial charge >= 0.3 is 0 Å². The first-order valence-electron chi connectivity index (χ1n) is 19.1. The number of carbonyl (C=O) groups is 4. The molecule has 2 heterocycles. The fourth-order valence-electron chi connectivity index (χ4n) is 9.63. The largest absolute Gasteiger partial charge is 0.508 e. The van der Waals surface area contributed by atoms with Crippen LogP contribution in [0.15, 0.2) is 127 Å². The molecule has 6 atom stereocenters. The van der Waals surface area contributed by atoms with Gasteiger partial charge in [-0.3, -0.25) is 29.5 Å². The van der Waals surface area contributed by atoms with Crippen LogP contribution in [0.1, 0.15) is 35.4 Å². The predicted octanol–water partition coefficient (Wildman–Crippen LogP) is 9.13. The van der Waals surface area contributed by atoms with Gasteiger partial charge in [-0.25, -0.2) is 0 Å². The van der Waals surface area contributed by atoms with Gasteiger partial charge in [-0.15, -0.1) is 0 Å². The number of aromatic hydroxyl groups is 1. The van der Waals surface area contributed by atoms with Gasteiger partial charge in [0, 0.05) is 27.6 Å². The van der Waals surface area contributed by atoms with E-state index in [2.05, 4.69) is 5.43 Å². The third-order valence-corrected chi connectivity index (χ3v) is 13.0. The Morgan fingerprint density at radius 1 is 0.780 bits per heavy atom. The molecule has 3 fully saturated rings. The molecule has 4 amide bonds. The van der Waals surface area contributed by atoms with E-state index in [0.717, 1.165) is 10.6 Å². The normalized spacial score (nSPS) is 24.7. The van der Waals surface area contributed by atoms with E-state index in [1.807, 2.05) is 36.4 Å². The van der Waals surface area contributed by atoms with Crippen molar-refractivity contribution in [2.24, 2.45) is 23.7 Å². The summed E-state index contributed by atoms with van der Waals surface area (Å²) in [4.78, 5) is 60.6. The van der Waals surface area contributed by atoms with E-state index in [1.165, 1.54) is 24.1 Å². The average Bonchev–Trinajstić information content (AvgIpc) is 3.62. The number of carbonyl (C=O) groups excluding carboxylic acids is 4. The zero-order valence-electron chi connectivity index (χ0n) is 31.5. The monoisotopic (exact) mass is 847 g/mol. The molecule has 298 valence electrons. The molecule has 5 aromatic carbocycles. The van der Waals surface area contributed by atoms with Crippen molar-refractivity contribution in [1.29, 1.82) is 0 Å². The lowest BCUT2D eigenvalue weighted by molar-refractivity contribution is -0.138. The highest BCUT2D eigenvalue weighted by atomic mass is 35.5. The van der Waals surface area contributed by atoms with Crippen LogP contribution in [0.25, 0.3) is 0 Å². The van der Waals surface area contributed by atoms with E-state index >= 15 is 9.59 Å². The van der Waals surface area contributed by atoms with Gasteiger partial charge in [0.25, 0.3) is 11.8 Å². The van der Waals surface area contributed by atoms with E-state index < -0.39 is 52.7 Å². The van der Waals surface area contributed by atoms with Gasteiger partial charge in [-0.2, -0.15) is 5.01 Å². The number of phenolic OH excluding ortho intramolecular Hbond substituents is 1. The summed E-state index contributed by atoms with van der Waals surface area (Å²) < 4.78 is 11.6. The van der Waals surface area contributed by atoms with Crippen molar-refractivity contribution in [3.8, 4) is 17.2 Å². The molecule has 0 aromatic heterocycles. The minimum absolute atomic E-state index is 0.0547. The van der Waals surface area contributed by atoms with Crippen molar-refractivity contribution in [2.45, 2.75) is 30.8 Å². The number of ether oxygens (including phenoxy) is 2. The molecule has 0 spiro atoms. The van der Waals surface area contributed by atoms with Gasteiger partial charge in [0.2, 0.25) is 11.8 Å². The number of phenols is 1. The SMILES string of the molecule is COc1ccc([C@@]23C(=O)N(Nc4ccc(Cl)cc4Cl)C(=O)[C@@H]2C[C@@H]2C(=CC[C@@H]4C(=O)N(c5ccc(Cl)cc5)C(=O)[C@@H]42)[C@@H]3c2ccc(OCc3ccccc3)cc2O)cc1. The summed E-state index contributed by atoms with van der Waals surface area (Å²) in [5.74, 6) is -5.42. The second kappa shape index (κ2) is 15.1. The number of methoxy groups -OCH3 is 1. The highest BCUT2D eigenvalue weighted by molar-refractivity contribution is 6.36. The van der Waals surface area contributed by atoms with E-state index in [0.29, 0.717) is 43.9 Å². The van der Waals surface area contributed by atoms with Crippen LogP contribution < -0.4 is 19.8 Å². The lowest BCUT2D eigenvalue weighted by Crippen LogP contribution is -2.53. The molecule has 13 heteroatoms. The summed E-state index contributed by atoms with van der Waals surface area (Å²) in [5, 5.41) is 14.1. The lowest BCUT2D eigenvalue weighted by Gasteiger charge is -2.50. The number of rotatable bonds is 9. The maximum Gasteiger partial charge on any atom is 0.260 e. The van der Waals surface area contributed by atoms with Crippen molar-refractivity contribution in [2.75, 3.05) is 17.4 Å². The molecule has 2 aliphatic heterocycles. The fraction of sp³-hybridized carbons (Fsp3) is 0.217. The van der Waals surface area contributed by atoms with Crippen LogP contribution in [0.5, 0.6) is 17.2 Å². The van der Waals surface area contributed by atoms with Crippen molar-refractivity contribution in [3.05, 3.63) is 159 Å². The van der Waals surface area contributed by atoms with Gasteiger partial charge in [-0.05, 0) is 90.6 Å². The van der Waals surface area contributed by atoms with Crippen LogP contribution >= 0.6 is 34.8 Å². The summed E-state index contributed by atoms with van der Waals surface area (Å²) >= 11 is 19.0. The zero-order valence-corrected chi connectivity index (χ0v) is 33.7. The first kappa shape index (κ1) is 38.7. The standard InChI is InChI=1S/C46H36Cl3N3O7/c1-58-30-14-7-26(8-15-30)46-36(43(55)52(45(46)57)50-38-20-11-28(48)21-37(38)49)23-35-32(18-19-34-40(35)44(56)51(42(34)54)29-12-9-27(47)10-13-29)41(46)33-17-16-31(22-39(33)53)59-24-25-5-3-2-4-6-25/h2-18,20-22,34-36,40-41,50,53H,19,23-24H2,1H3/t34-,35+,36-,40-,41+,46+/m0/s1. The van der Waals surface area contributed by atoms with Crippen molar-refractivity contribution >= 4 is 69.8 Å². The molecule has 2 N–H and O–H groups in total. The number of imide groups is 2. The molecule has 4 aliphatic rings. The van der Waals surface area contributed by atoms with Crippen molar-refractivity contribution < 1.29 is 33.8 Å². The first-order valence-corrected chi connectivity index (χ1v) is 20.2. The highest BCUT2D eigenvalue weighted by Gasteiger charge is 2.70. The second-order valence-corrected chi connectivity index (χ2v) is 16.5. The molecule has 5 aromatic rings. The number of fused-ring (bicyclic) bond motifs is 4. The fourth-order valence-corrected chi connectivity index (χ4v) is 10.2. The van der Waals surface area contributed by atoms with Crippen LogP contribution in [0.3, 0.4) is 0 Å². The zero-order chi connectivity index (χ0) is 41.2. The number of halogens is 3. The highest BCUT2D eigenvalue weighted by Crippen LogP contribution is 2.65. The number of hydrogen-bond donors (Lipinski definition) is 2. The third-order valence-electron chi connectivity index (χ3n) is 12.2. The third kappa shape index (κ3) is 6.32. The number of allylic oxidation sites excluding steroid dienone is 2. The second-order valence-electron chi connectivity index (χ2n) is 15.2. The Labute approximate surface area is 354 Å². The van der Waals surface area contributed by atoms with E-state index in [1.54, 1.807) is 72.8 Å². The molecule has 0 bridgehead atoms. The minimum atomic E-state index is -1.66. The molecule has 2 saturated heterocycles. The molecular weight excluding hydrogens is 813 g/mol. The van der Waals surface area contributed by atoms with E-state index in [-0.39, 0.29) is 41.8 Å². The van der Waals surface area contributed by atoms with Crippen molar-refractivity contribution in [3.63, 3.8) is 0 Å². The maximum absolute atomic E-state index is 15.6. The number of anilines is 2. The number of hydrogen-bond acceptors (Lipinski definition) is 8. The number of hydrazine groups is 1. The topological polar surface area (TPSA) is 125 Å². The Kier molecular flexibility index (Phi) is 9.90. The Morgan fingerprint density at radius 2 is 1.49 bits per heavy atom. The number of amides is 4. The molecule has 9 rings (SSSR count). The molecule has 0 radical (unpaired) electrons. The van der Waals surface area contributed by atoms with E-state index in [9.17, 15) is 14.7 Å². The number of nitrogens with zero attached hydrogens (tertiary/aromatic N) is 2. The quantitative estimate of drug-likeness (QED) is 0.111. The van der Waals surface area contributed by atoms with Gasteiger partial charge in [0.1, 0.15) is 23.9 Å². The molecule has 0 unspecified atom stereocenters. The molecular formula is C46H36Cl3N3O7. The molecule has 2 aliphatic carbocycles. The van der Waals surface area contributed by atoms with E-state index in [4.69, 9.17) is 44.3 Å². The van der Waals surface area contributed by atoms with Crippen LogP contribution in [0.4, 0.5) is 11.4 Å². The minimum Gasteiger partial charge on any atom is -0.508 e. The number of nitrogens with one attached hydrogen (secondary N) is 1. The Bertz CT molecular complexity index is 2550. The molecule has 59 heavy (non-hydrogen) atoms. The lowest BCUT2D eigenvalue weighted by atomic mass is 9.49. The average molecular weight is 849 g/mol. The Hall–Kier alpha value is -5.81. The van der Waals surface area contributed by atoms with Gasteiger partial charge < -0.3 is 14.6 Å².